The van der Waals surface area contributed by atoms with E-state index in [1.807, 2.05) is 56.3 Å². The summed E-state index contributed by atoms with van der Waals surface area (Å²) in [5.41, 5.74) is 1.62. The largest absolute Gasteiger partial charge is 0.325 e. The molecule has 136 valence electrons. The van der Waals surface area contributed by atoms with Crippen LogP contribution in [0.5, 0.6) is 0 Å². The molecule has 0 saturated carbocycles. The summed E-state index contributed by atoms with van der Waals surface area (Å²) < 4.78 is 2.62. The number of thiazole rings is 1. The van der Waals surface area contributed by atoms with Gasteiger partial charge in [-0.3, -0.25) is 14.2 Å². The molecular weight excluding hydrogens is 388 g/mol. The van der Waals surface area contributed by atoms with Crippen LogP contribution in [0.3, 0.4) is 0 Å². The molecule has 0 aliphatic rings. The highest BCUT2D eigenvalue weighted by Crippen LogP contribution is 2.28. The number of nitrogens with one attached hydrogen (secondary N) is 1. The van der Waals surface area contributed by atoms with E-state index in [-0.39, 0.29) is 16.0 Å². The zero-order chi connectivity index (χ0) is 18.7. The first kappa shape index (κ1) is 19.0. The lowest BCUT2D eigenvalue weighted by atomic mass is 10.2. The fraction of sp³-hybridized carbons (Fsp3) is 0.263. The number of aromatic nitrogens is 1. The topological polar surface area (TPSA) is 51.1 Å². The Balaban J connectivity index is 1.76. The average Bonchev–Trinajstić information content (AvgIpc) is 2.95. The van der Waals surface area contributed by atoms with Crippen LogP contribution in [0.1, 0.15) is 20.3 Å². The van der Waals surface area contributed by atoms with Gasteiger partial charge in [0.25, 0.3) is 0 Å². The van der Waals surface area contributed by atoms with Crippen molar-refractivity contribution in [1.29, 1.82) is 0 Å². The van der Waals surface area contributed by atoms with Gasteiger partial charge in [-0.25, -0.2) is 0 Å². The number of fused-ring (bicyclic) bond motifs is 1. The van der Waals surface area contributed by atoms with Crippen LogP contribution in [0.2, 0.25) is 5.02 Å². The number of aryl methyl sites for hydroxylation is 1. The molecule has 26 heavy (non-hydrogen) atoms. The second kappa shape index (κ2) is 8.29. The van der Waals surface area contributed by atoms with Crippen LogP contribution < -0.4 is 10.2 Å². The number of hydrogen-bond acceptors (Lipinski definition) is 4. The van der Waals surface area contributed by atoms with Crippen molar-refractivity contribution in [3.8, 4) is 0 Å². The van der Waals surface area contributed by atoms with E-state index in [0.717, 1.165) is 15.1 Å². The molecule has 1 heterocycles. The van der Waals surface area contributed by atoms with Crippen LogP contribution >= 0.6 is 34.7 Å². The first-order valence-electron chi connectivity index (χ1n) is 8.38. The normalized spacial score (nSPS) is 12.3. The fourth-order valence-electron chi connectivity index (χ4n) is 2.67. The summed E-state index contributed by atoms with van der Waals surface area (Å²) in [7, 11) is 0. The lowest BCUT2D eigenvalue weighted by molar-refractivity contribution is -0.115. The molecule has 0 aliphatic heterocycles. The summed E-state index contributed by atoms with van der Waals surface area (Å²) in [4.78, 5) is 25.7. The summed E-state index contributed by atoms with van der Waals surface area (Å²) in [6.07, 6.45) is 0.709. The standard InChI is InChI=1S/C19H19ClN2O2S2/c1-3-16(25-14-8-5-12(20)6-9-14)18(23)21-13-7-10-15-17(11-13)26-19(24)22(15)4-2/h5-11,16H,3-4H2,1-2H3,(H,21,23)/t16-/m1/s1. The van der Waals surface area contributed by atoms with Gasteiger partial charge in [0.2, 0.25) is 5.91 Å². The monoisotopic (exact) mass is 406 g/mol. The molecule has 0 bridgehead atoms. The molecule has 1 amide bonds. The van der Waals surface area contributed by atoms with Crippen LogP contribution in [0.4, 0.5) is 5.69 Å². The Morgan fingerprint density at radius 1 is 1.23 bits per heavy atom. The summed E-state index contributed by atoms with van der Waals surface area (Å²) in [6.45, 7) is 4.58. The Hall–Kier alpha value is -1.76. The number of carbonyl (C=O) groups excluding carboxylic acids is 1. The van der Waals surface area contributed by atoms with Gasteiger partial charge in [0.1, 0.15) is 0 Å². The third kappa shape index (κ3) is 4.14. The molecule has 0 spiro atoms. The predicted octanol–water partition coefficient (Wildman–Crippen LogP) is 5.25. The molecule has 2 aromatic carbocycles. The Morgan fingerprint density at radius 2 is 1.96 bits per heavy atom. The van der Waals surface area contributed by atoms with Crippen molar-refractivity contribution in [2.75, 3.05) is 5.32 Å². The summed E-state index contributed by atoms with van der Waals surface area (Å²) >= 11 is 8.63. The van der Waals surface area contributed by atoms with Crippen molar-refractivity contribution in [2.45, 2.75) is 37.0 Å². The maximum atomic E-state index is 12.7. The van der Waals surface area contributed by atoms with Crippen LogP contribution in [0.25, 0.3) is 10.2 Å². The maximum absolute atomic E-state index is 12.7. The van der Waals surface area contributed by atoms with Crippen molar-refractivity contribution in [2.24, 2.45) is 0 Å². The zero-order valence-corrected chi connectivity index (χ0v) is 16.9. The number of carbonyl (C=O) groups is 1. The van der Waals surface area contributed by atoms with Crippen molar-refractivity contribution in [1.82, 2.24) is 4.57 Å². The van der Waals surface area contributed by atoms with Crippen molar-refractivity contribution >= 4 is 56.5 Å². The number of nitrogens with zero attached hydrogens (tertiary/aromatic N) is 1. The second-order valence-electron chi connectivity index (χ2n) is 5.75. The lowest BCUT2D eigenvalue weighted by Gasteiger charge is -2.15. The highest BCUT2D eigenvalue weighted by Gasteiger charge is 2.18. The number of hydrogen-bond donors (Lipinski definition) is 1. The molecule has 0 fully saturated rings. The van der Waals surface area contributed by atoms with E-state index in [4.69, 9.17) is 11.6 Å². The Bertz CT molecular complexity index is 979. The molecule has 1 atom stereocenters. The van der Waals surface area contributed by atoms with Gasteiger partial charge in [-0.15, -0.1) is 11.8 Å². The van der Waals surface area contributed by atoms with E-state index in [1.165, 1.54) is 23.1 Å². The third-order valence-corrected chi connectivity index (χ3v) is 6.58. The summed E-state index contributed by atoms with van der Waals surface area (Å²) in [6, 6.07) is 13.1. The Morgan fingerprint density at radius 3 is 2.62 bits per heavy atom. The Kier molecular flexibility index (Phi) is 6.06. The van der Waals surface area contributed by atoms with Crippen LogP contribution in [0.15, 0.2) is 52.2 Å². The van der Waals surface area contributed by atoms with E-state index in [1.54, 1.807) is 4.57 Å². The maximum Gasteiger partial charge on any atom is 0.308 e. The van der Waals surface area contributed by atoms with Crippen molar-refractivity contribution < 1.29 is 4.79 Å². The fourth-order valence-corrected chi connectivity index (χ4v) is 4.74. The number of amides is 1. The van der Waals surface area contributed by atoms with Gasteiger partial charge < -0.3 is 5.32 Å². The molecule has 0 radical (unpaired) electrons. The molecule has 7 heteroatoms. The highest BCUT2D eigenvalue weighted by molar-refractivity contribution is 8.00. The van der Waals surface area contributed by atoms with Crippen molar-refractivity contribution in [3.05, 3.63) is 57.2 Å². The summed E-state index contributed by atoms with van der Waals surface area (Å²) in [5, 5.41) is 3.45. The Labute approximate surface area is 165 Å². The minimum absolute atomic E-state index is 0.0238. The highest BCUT2D eigenvalue weighted by atomic mass is 35.5. The van der Waals surface area contributed by atoms with Gasteiger partial charge in [-0.05, 0) is 55.8 Å². The minimum Gasteiger partial charge on any atom is -0.325 e. The predicted molar refractivity (Wildman–Crippen MR) is 112 cm³/mol. The van der Waals surface area contributed by atoms with Crippen LogP contribution in [0, 0.1) is 0 Å². The van der Waals surface area contributed by atoms with E-state index < -0.39 is 0 Å². The third-order valence-electron chi connectivity index (χ3n) is 4.01. The van der Waals surface area contributed by atoms with Gasteiger partial charge in [0.15, 0.2) is 0 Å². The number of halogens is 1. The molecule has 1 aromatic heterocycles. The van der Waals surface area contributed by atoms with E-state index in [2.05, 4.69) is 5.32 Å². The van der Waals surface area contributed by atoms with E-state index in [0.29, 0.717) is 23.7 Å². The molecular formula is C19H19ClN2O2S2. The average molecular weight is 407 g/mol. The number of thioether (sulfide) groups is 1. The van der Waals surface area contributed by atoms with Crippen LogP contribution in [-0.2, 0) is 11.3 Å². The van der Waals surface area contributed by atoms with Gasteiger partial charge in [0.05, 0.1) is 15.5 Å². The SMILES string of the molecule is CC[C@@H](Sc1ccc(Cl)cc1)C(=O)Nc1ccc2c(c1)sc(=O)n2CC. The molecule has 4 nitrogen and oxygen atoms in total. The first-order valence-corrected chi connectivity index (χ1v) is 10.5. The second-order valence-corrected chi connectivity index (χ2v) is 8.46. The number of anilines is 1. The van der Waals surface area contributed by atoms with Gasteiger partial charge in [-0.1, -0.05) is 29.9 Å². The molecule has 3 rings (SSSR count). The van der Waals surface area contributed by atoms with Crippen LogP contribution in [-0.4, -0.2) is 15.7 Å². The minimum atomic E-state index is -0.203. The molecule has 0 saturated heterocycles. The van der Waals surface area contributed by atoms with Crippen molar-refractivity contribution in [3.63, 3.8) is 0 Å². The molecule has 0 aliphatic carbocycles. The zero-order valence-electron chi connectivity index (χ0n) is 14.5. The molecule has 3 aromatic rings. The first-order chi connectivity index (χ1) is 12.5. The van der Waals surface area contributed by atoms with E-state index in [9.17, 15) is 9.59 Å². The summed E-state index contributed by atoms with van der Waals surface area (Å²) in [5.74, 6) is -0.0472. The van der Waals surface area contributed by atoms with Gasteiger partial charge in [-0.2, -0.15) is 0 Å². The smallest absolute Gasteiger partial charge is 0.308 e. The van der Waals surface area contributed by atoms with E-state index >= 15 is 0 Å². The number of rotatable bonds is 6. The van der Waals surface area contributed by atoms with Gasteiger partial charge >= 0.3 is 4.87 Å². The molecule has 1 N–H and O–H groups in total. The molecule has 0 unspecified atom stereocenters. The number of benzene rings is 2. The van der Waals surface area contributed by atoms with Gasteiger partial charge in [0, 0.05) is 22.2 Å². The quantitative estimate of drug-likeness (QED) is 0.569. The lowest BCUT2D eigenvalue weighted by Crippen LogP contribution is -2.24.